The molecule has 33 heavy (non-hydrogen) atoms. The summed E-state index contributed by atoms with van der Waals surface area (Å²) in [6, 6.07) is 45.1. The highest BCUT2D eigenvalue weighted by atomic mass is 14.2. The van der Waals surface area contributed by atoms with Crippen LogP contribution >= 0.6 is 0 Å². The Morgan fingerprint density at radius 1 is 0.333 bits per heavy atom. The van der Waals surface area contributed by atoms with Gasteiger partial charge in [-0.2, -0.15) is 0 Å². The minimum Gasteiger partial charge on any atom is -0.0961 e. The van der Waals surface area contributed by atoms with E-state index >= 15 is 0 Å². The fraction of sp³-hybridized carbons (Fsp3) is 0. The summed E-state index contributed by atoms with van der Waals surface area (Å²) in [5.74, 6) is 0. The number of hydrogen-bond acceptors (Lipinski definition) is 0. The average molecular weight is 416 g/mol. The fourth-order valence-corrected chi connectivity index (χ4v) is 4.91. The first-order chi connectivity index (χ1) is 16.3. The molecule has 2 radical (unpaired) electrons. The molecule has 0 atom stereocenters. The third-order valence-corrected chi connectivity index (χ3v) is 6.37. The lowest BCUT2D eigenvalue weighted by Gasteiger charge is -2.18. The Bertz CT molecular complexity index is 1600. The summed E-state index contributed by atoms with van der Waals surface area (Å²) in [7, 11) is 6.10. The Kier molecular flexibility index (Phi) is 4.81. The van der Waals surface area contributed by atoms with Crippen LogP contribution in [0.15, 0.2) is 127 Å². The molecule has 0 N–H and O–H groups in total. The monoisotopic (exact) mass is 416 g/mol. The molecule has 6 aromatic rings. The largest absolute Gasteiger partial charge is 0.113 e. The summed E-state index contributed by atoms with van der Waals surface area (Å²) >= 11 is 0. The van der Waals surface area contributed by atoms with Gasteiger partial charge in [0.05, 0.1) is 0 Å². The Labute approximate surface area is 195 Å². The van der Waals surface area contributed by atoms with Crippen molar-refractivity contribution in [2.45, 2.75) is 0 Å². The first kappa shape index (κ1) is 19.6. The standard InChI is InChI=1S/C32H21B/c33-26-15-9-14-24(20-26)25-18-19-29-30(21-25)32(23-12-5-2-6-13-23)28-17-8-7-16-27(28)31(29)22-10-3-1-4-11-22/h1-21H. The topological polar surface area (TPSA) is 0 Å². The van der Waals surface area contributed by atoms with Crippen LogP contribution in [0.1, 0.15) is 0 Å². The predicted octanol–water partition coefficient (Wildman–Crippen LogP) is 7.79. The van der Waals surface area contributed by atoms with Crippen molar-refractivity contribution in [1.82, 2.24) is 0 Å². The van der Waals surface area contributed by atoms with Crippen molar-refractivity contribution in [2.75, 3.05) is 0 Å². The zero-order valence-corrected chi connectivity index (χ0v) is 18.2. The van der Waals surface area contributed by atoms with E-state index in [0.717, 1.165) is 11.0 Å². The smallest absolute Gasteiger partial charge is 0.0961 e. The van der Waals surface area contributed by atoms with Gasteiger partial charge in [0.1, 0.15) is 7.85 Å². The van der Waals surface area contributed by atoms with E-state index in [-0.39, 0.29) is 0 Å². The van der Waals surface area contributed by atoms with Gasteiger partial charge in [0.25, 0.3) is 0 Å². The lowest BCUT2D eigenvalue weighted by molar-refractivity contribution is 1.64. The molecule has 0 nitrogen and oxygen atoms in total. The summed E-state index contributed by atoms with van der Waals surface area (Å²) in [4.78, 5) is 0. The second-order valence-corrected chi connectivity index (χ2v) is 8.41. The number of rotatable bonds is 3. The molecule has 0 aliphatic carbocycles. The van der Waals surface area contributed by atoms with Crippen LogP contribution in [0.3, 0.4) is 0 Å². The lowest BCUT2D eigenvalue weighted by atomic mass is 9.84. The van der Waals surface area contributed by atoms with Gasteiger partial charge in [-0.1, -0.05) is 127 Å². The summed E-state index contributed by atoms with van der Waals surface area (Å²) in [6.45, 7) is 0. The molecular weight excluding hydrogens is 395 g/mol. The van der Waals surface area contributed by atoms with Gasteiger partial charge in [0, 0.05) is 0 Å². The highest BCUT2D eigenvalue weighted by Gasteiger charge is 2.17. The SMILES string of the molecule is [B]c1cccc(-c2ccc3c(-c4ccccc4)c4ccccc4c(-c4ccccc4)c3c2)c1. The minimum absolute atomic E-state index is 0.777. The van der Waals surface area contributed by atoms with Gasteiger partial charge in [-0.05, 0) is 61.0 Å². The first-order valence-corrected chi connectivity index (χ1v) is 11.2. The van der Waals surface area contributed by atoms with Crippen LogP contribution in [0.4, 0.5) is 0 Å². The number of fused-ring (bicyclic) bond motifs is 2. The van der Waals surface area contributed by atoms with Crippen LogP contribution in [0.5, 0.6) is 0 Å². The third kappa shape index (κ3) is 3.43. The molecule has 6 rings (SSSR count). The Morgan fingerprint density at radius 2 is 0.818 bits per heavy atom. The van der Waals surface area contributed by atoms with E-state index in [1.165, 1.54) is 49.4 Å². The summed E-state index contributed by atoms with van der Waals surface area (Å²) in [5.41, 5.74) is 8.08. The molecule has 0 unspecified atom stereocenters. The molecule has 0 spiro atoms. The second-order valence-electron chi connectivity index (χ2n) is 8.41. The molecule has 0 bridgehead atoms. The van der Waals surface area contributed by atoms with E-state index in [4.69, 9.17) is 7.85 Å². The Hall–Kier alpha value is -4.10. The molecule has 152 valence electrons. The zero-order chi connectivity index (χ0) is 22.2. The maximum absolute atomic E-state index is 6.10. The second kappa shape index (κ2) is 8.11. The van der Waals surface area contributed by atoms with Gasteiger partial charge < -0.3 is 0 Å². The molecule has 0 fully saturated rings. The van der Waals surface area contributed by atoms with Crippen molar-refractivity contribution in [3.05, 3.63) is 127 Å². The fourth-order valence-electron chi connectivity index (χ4n) is 4.91. The van der Waals surface area contributed by atoms with Crippen molar-refractivity contribution >= 4 is 34.9 Å². The first-order valence-electron chi connectivity index (χ1n) is 11.2. The van der Waals surface area contributed by atoms with E-state index in [1.807, 2.05) is 18.2 Å². The Morgan fingerprint density at radius 3 is 1.42 bits per heavy atom. The Balaban J connectivity index is 1.79. The van der Waals surface area contributed by atoms with E-state index in [2.05, 4.69) is 109 Å². The summed E-state index contributed by atoms with van der Waals surface area (Å²) < 4.78 is 0. The van der Waals surface area contributed by atoms with Gasteiger partial charge >= 0.3 is 0 Å². The van der Waals surface area contributed by atoms with Crippen molar-refractivity contribution in [3.63, 3.8) is 0 Å². The lowest BCUT2D eigenvalue weighted by Crippen LogP contribution is -2.00. The predicted molar refractivity (Wildman–Crippen MR) is 143 cm³/mol. The normalized spacial score (nSPS) is 11.2. The highest BCUT2D eigenvalue weighted by molar-refractivity contribution is 6.32. The average Bonchev–Trinajstić information content (AvgIpc) is 2.88. The maximum atomic E-state index is 6.10. The van der Waals surface area contributed by atoms with Crippen LogP contribution in [0, 0.1) is 0 Å². The molecule has 0 saturated carbocycles. The molecule has 0 aliphatic heterocycles. The molecule has 0 amide bonds. The number of hydrogen-bond donors (Lipinski definition) is 0. The molecule has 0 saturated heterocycles. The van der Waals surface area contributed by atoms with Crippen molar-refractivity contribution in [2.24, 2.45) is 0 Å². The number of benzene rings is 6. The maximum Gasteiger partial charge on any atom is 0.113 e. The van der Waals surface area contributed by atoms with Gasteiger partial charge in [-0.25, -0.2) is 0 Å². The van der Waals surface area contributed by atoms with Crippen LogP contribution in [0.25, 0.3) is 54.9 Å². The van der Waals surface area contributed by atoms with Gasteiger partial charge in [-0.15, -0.1) is 0 Å². The highest BCUT2D eigenvalue weighted by Crippen LogP contribution is 2.44. The quantitative estimate of drug-likeness (QED) is 0.204. The van der Waals surface area contributed by atoms with Crippen molar-refractivity contribution in [1.29, 1.82) is 0 Å². The van der Waals surface area contributed by atoms with Crippen molar-refractivity contribution in [3.8, 4) is 33.4 Å². The summed E-state index contributed by atoms with van der Waals surface area (Å²) in [5, 5.41) is 5.04. The molecule has 0 heterocycles. The summed E-state index contributed by atoms with van der Waals surface area (Å²) in [6.07, 6.45) is 0. The molecule has 0 aromatic heterocycles. The van der Waals surface area contributed by atoms with Crippen LogP contribution in [-0.4, -0.2) is 7.85 Å². The van der Waals surface area contributed by atoms with E-state index in [0.29, 0.717) is 0 Å². The van der Waals surface area contributed by atoms with Crippen molar-refractivity contribution < 1.29 is 0 Å². The van der Waals surface area contributed by atoms with E-state index in [9.17, 15) is 0 Å². The van der Waals surface area contributed by atoms with Crippen LogP contribution < -0.4 is 5.46 Å². The molecule has 0 aliphatic rings. The van der Waals surface area contributed by atoms with E-state index < -0.39 is 0 Å². The molecule has 1 heteroatoms. The van der Waals surface area contributed by atoms with E-state index in [1.54, 1.807) is 0 Å². The zero-order valence-electron chi connectivity index (χ0n) is 18.2. The molecule has 6 aromatic carbocycles. The third-order valence-electron chi connectivity index (χ3n) is 6.37. The van der Waals surface area contributed by atoms with Gasteiger partial charge in [-0.3, -0.25) is 0 Å². The van der Waals surface area contributed by atoms with Crippen LogP contribution in [0.2, 0.25) is 0 Å². The molecular formula is C32H21B. The van der Waals surface area contributed by atoms with Gasteiger partial charge in [0.2, 0.25) is 0 Å². The van der Waals surface area contributed by atoms with Crippen LogP contribution in [-0.2, 0) is 0 Å². The minimum atomic E-state index is 0.777. The van der Waals surface area contributed by atoms with Gasteiger partial charge in [0.15, 0.2) is 0 Å².